The molecule has 1 aliphatic rings. The molecule has 2 heterocycles. The van der Waals surface area contributed by atoms with Crippen LogP contribution in [-0.4, -0.2) is 65.2 Å². The van der Waals surface area contributed by atoms with Gasteiger partial charge in [-0.2, -0.15) is 5.10 Å². The van der Waals surface area contributed by atoms with Gasteiger partial charge in [0.1, 0.15) is 11.9 Å². The van der Waals surface area contributed by atoms with Gasteiger partial charge in [0.15, 0.2) is 0 Å². The molecule has 2 atom stereocenters. The monoisotopic (exact) mass is 330 g/mol. The van der Waals surface area contributed by atoms with Gasteiger partial charge in [-0.1, -0.05) is 12.1 Å². The molecule has 1 aromatic carbocycles. The fourth-order valence-corrected chi connectivity index (χ4v) is 3.24. The van der Waals surface area contributed by atoms with Crippen molar-refractivity contribution in [3.8, 4) is 5.75 Å². The summed E-state index contributed by atoms with van der Waals surface area (Å²) in [5.41, 5.74) is 1.16. The zero-order valence-corrected chi connectivity index (χ0v) is 14.4. The smallest absolute Gasteiger partial charge is 0.143 e. The Labute approximate surface area is 143 Å². The van der Waals surface area contributed by atoms with Crippen LogP contribution >= 0.6 is 0 Å². The lowest BCUT2D eigenvalue weighted by Crippen LogP contribution is -2.47. The first-order chi connectivity index (χ1) is 11.7. The number of para-hydroxylation sites is 2. The Morgan fingerprint density at radius 1 is 1.38 bits per heavy atom. The summed E-state index contributed by atoms with van der Waals surface area (Å²) in [6.45, 7) is 5.87. The van der Waals surface area contributed by atoms with Gasteiger partial charge in [0, 0.05) is 32.0 Å². The lowest BCUT2D eigenvalue weighted by Gasteiger charge is -2.37. The van der Waals surface area contributed by atoms with Crippen LogP contribution in [0.4, 0.5) is 5.69 Å². The second kappa shape index (κ2) is 7.68. The van der Waals surface area contributed by atoms with Crippen molar-refractivity contribution < 1.29 is 9.84 Å². The maximum absolute atomic E-state index is 10.2. The molecule has 1 N–H and O–H groups in total. The van der Waals surface area contributed by atoms with E-state index >= 15 is 0 Å². The zero-order valence-electron chi connectivity index (χ0n) is 14.4. The van der Waals surface area contributed by atoms with Gasteiger partial charge < -0.3 is 14.7 Å². The number of anilines is 1. The Kier molecular flexibility index (Phi) is 5.37. The number of aliphatic hydroxyl groups is 1. The fraction of sp³-hybridized carbons (Fsp3) is 0.500. The summed E-state index contributed by atoms with van der Waals surface area (Å²) in [4.78, 5) is 4.47. The van der Waals surface area contributed by atoms with E-state index in [1.165, 1.54) is 0 Å². The number of hydrogen-bond donors (Lipinski definition) is 1. The maximum atomic E-state index is 10.2. The van der Waals surface area contributed by atoms with E-state index in [9.17, 15) is 5.11 Å². The largest absolute Gasteiger partial charge is 0.485 e. The van der Waals surface area contributed by atoms with Crippen molar-refractivity contribution >= 4 is 5.69 Å². The van der Waals surface area contributed by atoms with E-state index in [0.29, 0.717) is 13.1 Å². The molecule has 1 aliphatic heterocycles. The molecule has 0 radical (unpaired) electrons. The van der Waals surface area contributed by atoms with E-state index in [0.717, 1.165) is 31.1 Å². The summed E-state index contributed by atoms with van der Waals surface area (Å²) in [6.07, 6.45) is 3.24. The highest BCUT2D eigenvalue weighted by Gasteiger charge is 2.25. The first-order valence-electron chi connectivity index (χ1n) is 8.50. The van der Waals surface area contributed by atoms with E-state index in [1.54, 1.807) is 10.9 Å². The number of benzene rings is 1. The molecule has 0 aliphatic carbocycles. The quantitative estimate of drug-likeness (QED) is 0.833. The molecule has 6 heteroatoms. The van der Waals surface area contributed by atoms with Gasteiger partial charge in [-0.25, -0.2) is 0 Å². The molecule has 0 bridgehead atoms. The molecule has 0 fully saturated rings. The average Bonchev–Trinajstić information content (AvgIpc) is 3.06. The highest BCUT2D eigenvalue weighted by atomic mass is 16.5. The molecule has 0 saturated carbocycles. The fourth-order valence-electron chi connectivity index (χ4n) is 3.24. The molecule has 2 aromatic rings. The second-order valence-electron chi connectivity index (χ2n) is 6.35. The predicted molar refractivity (Wildman–Crippen MR) is 94.5 cm³/mol. The van der Waals surface area contributed by atoms with Crippen LogP contribution in [0.5, 0.6) is 5.75 Å². The third kappa shape index (κ3) is 4.07. The number of aromatic nitrogens is 2. The van der Waals surface area contributed by atoms with Gasteiger partial charge >= 0.3 is 0 Å². The van der Waals surface area contributed by atoms with Crippen molar-refractivity contribution in [3.63, 3.8) is 0 Å². The van der Waals surface area contributed by atoms with Gasteiger partial charge in [0.25, 0.3) is 0 Å². The Balaban J connectivity index is 1.54. The minimum absolute atomic E-state index is 0.0988. The minimum Gasteiger partial charge on any atom is -0.485 e. The molecular weight excluding hydrogens is 304 g/mol. The molecule has 24 heavy (non-hydrogen) atoms. The van der Waals surface area contributed by atoms with E-state index < -0.39 is 6.10 Å². The highest BCUT2D eigenvalue weighted by Crippen LogP contribution is 2.32. The first-order valence-corrected chi connectivity index (χ1v) is 8.50. The Morgan fingerprint density at radius 2 is 2.21 bits per heavy atom. The number of likely N-dealkylation sites (N-methyl/N-ethyl adjacent to an activating group) is 2. The third-order valence-electron chi connectivity index (χ3n) is 4.30. The van der Waals surface area contributed by atoms with Gasteiger partial charge in [-0.15, -0.1) is 0 Å². The van der Waals surface area contributed by atoms with Crippen LogP contribution in [0.3, 0.4) is 0 Å². The molecule has 1 aromatic heterocycles. The van der Waals surface area contributed by atoms with Crippen molar-refractivity contribution in [2.45, 2.75) is 25.7 Å². The Bertz CT molecular complexity index is 632. The van der Waals surface area contributed by atoms with Crippen LogP contribution in [0, 0.1) is 0 Å². The Morgan fingerprint density at radius 3 is 2.96 bits per heavy atom. The van der Waals surface area contributed by atoms with Crippen molar-refractivity contribution in [3.05, 3.63) is 42.7 Å². The standard InChI is InChI=1S/C18H26N4O2/c1-3-21-14-16(24-18-8-5-4-7-17(18)21)13-20(2)11-15(23)12-22-10-6-9-19-22/h4-10,15-16,23H,3,11-14H2,1-2H3/t15-,16-/m0/s1. The normalized spacial score (nSPS) is 18.3. The second-order valence-corrected chi connectivity index (χ2v) is 6.35. The summed E-state index contributed by atoms with van der Waals surface area (Å²) >= 11 is 0. The SMILES string of the molecule is CCN1C[C@H](CN(C)C[C@H](O)Cn2cccn2)Oc2ccccc21. The van der Waals surface area contributed by atoms with Gasteiger partial charge in [0.05, 0.1) is 24.9 Å². The van der Waals surface area contributed by atoms with Crippen LogP contribution in [0.2, 0.25) is 0 Å². The summed E-state index contributed by atoms with van der Waals surface area (Å²) in [7, 11) is 2.02. The van der Waals surface area contributed by atoms with Crippen LogP contribution < -0.4 is 9.64 Å². The summed E-state index contributed by atoms with van der Waals surface area (Å²) < 4.78 is 7.89. The molecular formula is C18H26N4O2. The number of rotatable bonds is 7. The van der Waals surface area contributed by atoms with Gasteiger partial charge in [0.2, 0.25) is 0 Å². The van der Waals surface area contributed by atoms with Crippen LogP contribution in [0.15, 0.2) is 42.7 Å². The average molecular weight is 330 g/mol. The third-order valence-corrected chi connectivity index (χ3v) is 4.30. The molecule has 6 nitrogen and oxygen atoms in total. The van der Waals surface area contributed by atoms with Gasteiger partial charge in [-0.3, -0.25) is 9.58 Å². The maximum Gasteiger partial charge on any atom is 0.143 e. The minimum atomic E-state index is -0.451. The molecule has 0 saturated heterocycles. The summed E-state index contributed by atoms with van der Waals surface area (Å²) in [5, 5.41) is 14.4. The molecule has 3 rings (SSSR count). The molecule has 0 unspecified atom stereocenters. The highest BCUT2D eigenvalue weighted by molar-refractivity contribution is 5.60. The number of ether oxygens (including phenoxy) is 1. The summed E-state index contributed by atoms with van der Waals surface area (Å²) in [6, 6.07) is 10.0. The zero-order chi connectivity index (χ0) is 16.9. The van der Waals surface area contributed by atoms with Crippen molar-refractivity contribution in [1.82, 2.24) is 14.7 Å². The lowest BCUT2D eigenvalue weighted by atomic mass is 10.1. The first kappa shape index (κ1) is 16.8. The van der Waals surface area contributed by atoms with Crippen LogP contribution in [-0.2, 0) is 6.54 Å². The number of nitrogens with zero attached hydrogens (tertiary/aromatic N) is 4. The lowest BCUT2D eigenvalue weighted by molar-refractivity contribution is 0.0805. The van der Waals surface area contributed by atoms with E-state index in [1.807, 2.05) is 37.5 Å². The molecule has 0 amide bonds. The van der Waals surface area contributed by atoms with Crippen LogP contribution in [0.1, 0.15) is 6.92 Å². The van der Waals surface area contributed by atoms with Gasteiger partial charge in [-0.05, 0) is 32.2 Å². The van der Waals surface area contributed by atoms with E-state index in [2.05, 4.69) is 27.9 Å². The van der Waals surface area contributed by atoms with Crippen molar-refractivity contribution in [1.29, 1.82) is 0 Å². The number of hydrogen-bond acceptors (Lipinski definition) is 5. The summed E-state index contributed by atoms with van der Waals surface area (Å²) in [5.74, 6) is 0.945. The number of fused-ring (bicyclic) bond motifs is 1. The van der Waals surface area contributed by atoms with E-state index in [-0.39, 0.29) is 6.10 Å². The van der Waals surface area contributed by atoms with Crippen LogP contribution in [0.25, 0.3) is 0 Å². The Hall–Kier alpha value is -2.05. The topological polar surface area (TPSA) is 53.8 Å². The van der Waals surface area contributed by atoms with E-state index in [4.69, 9.17) is 4.74 Å². The number of aliphatic hydroxyl groups excluding tert-OH is 1. The van der Waals surface area contributed by atoms with Crippen molar-refractivity contribution in [2.24, 2.45) is 0 Å². The predicted octanol–water partition coefficient (Wildman–Crippen LogP) is 1.46. The molecule has 130 valence electrons. The molecule has 0 spiro atoms. The van der Waals surface area contributed by atoms with Crippen molar-refractivity contribution in [2.75, 3.05) is 38.1 Å².